The van der Waals surface area contributed by atoms with Crippen LogP contribution in [0, 0.1) is 0 Å². The van der Waals surface area contributed by atoms with Crippen LogP contribution >= 0.6 is 11.3 Å². The molecule has 0 atom stereocenters. The number of nitrogens with zero attached hydrogens (tertiary/aromatic N) is 3. The van der Waals surface area contributed by atoms with Crippen LogP contribution in [0.5, 0.6) is 0 Å². The third kappa shape index (κ3) is 2.43. The maximum Gasteiger partial charge on any atom is 0.161 e. The molecular weight excluding hydrogens is 332 g/mol. The van der Waals surface area contributed by atoms with Crippen LogP contribution in [-0.4, -0.2) is 19.9 Å². The summed E-state index contributed by atoms with van der Waals surface area (Å²) in [5.41, 5.74) is 7.46. The third-order valence-corrected chi connectivity index (χ3v) is 4.88. The summed E-state index contributed by atoms with van der Waals surface area (Å²) in [6.07, 6.45) is 7.20. The van der Waals surface area contributed by atoms with E-state index in [1.165, 1.54) is 0 Å². The van der Waals surface area contributed by atoms with Crippen molar-refractivity contribution in [3.63, 3.8) is 0 Å². The molecule has 4 aromatic heterocycles. The van der Waals surface area contributed by atoms with Crippen LogP contribution in [0.1, 0.15) is 0 Å². The molecule has 0 aliphatic rings. The summed E-state index contributed by atoms with van der Waals surface area (Å²) < 4.78 is 6.13. The Morgan fingerprint density at radius 2 is 1.88 bits per heavy atom. The Morgan fingerprint density at radius 1 is 1.00 bits per heavy atom. The number of fused-ring (bicyclic) bond motifs is 1. The van der Waals surface area contributed by atoms with Crippen molar-refractivity contribution >= 4 is 22.4 Å². The number of H-pyrrole nitrogens is 1. The molecule has 6 heteroatoms. The van der Waals surface area contributed by atoms with Crippen molar-refractivity contribution in [1.82, 2.24) is 19.9 Å². The number of hydrogen-bond acceptors (Lipinski definition) is 5. The van der Waals surface area contributed by atoms with Gasteiger partial charge in [-0.05, 0) is 6.07 Å². The summed E-state index contributed by atoms with van der Waals surface area (Å²) >= 11 is 1.59. The smallest absolute Gasteiger partial charge is 0.161 e. The molecule has 0 aliphatic heterocycles. The van der Waals surface area contributed by atoms with Gasteiger partial charge in [-0.3, -0.25) is 9.97 Å². The maximum absolute atomic E-state index is 6.13. The Bertz CT molecular complexity index is 1130. The molecule has 5 aromatic rings. The number of aromatic nitrogens is 4. The SMILES string of the molecule is c1cc(-c2cncs2)c2oc(-c3ccc(-c4c[nH]cn4)cc3)cc2n1. The number of hydrogen-bond donors (Lipinski definition) is 1. The van der Waals surface area contributed by atoms with Crippen LogP contribution in [0.15, 0.2) is 71.2 Å². The summed E-state index contributed by atoms with van der Waals surface area (Å²) in [7, 11) is 0. The maximum atomic E-state index is 6.13. The van der Waals surface area contributed by atoms with Crippen molar-refractivity contribution in [3.05, 3.63) is 66.8 Å². The Labute approximate surface area is 147 Å². The highest BCUT2D eigenvalue weighted by Gasteiger charge is 2.13. The fraction of sp³-hybridized carbons (Fsp3) is 0. The summed E-state index contributed by atoms with van der Waals surface area (Å²) in [5, 5.41) is 0. The van der Waals surface area contributed by atoms with Crippen LogP contribution in [0.3, 0.4) is 0 Å². The van der Waals surface area contributed by atoms with Crippen LogP contribution < -0.4 is 0 Å². The zero-order valence-electron chi connectivity index (χ0n) is 13.0. The molecule has 120 valence electrons. The Morgan fingerprint density at radius 3 is 2.64 bits per heavy atom. The summed E-state index contributed by atoms with van der Waals surface area (Å²) in [6.45, 7) is 0. The lowest BCUT2D eigenvalue weighted by atomic mass is 10.1. The number of aromatic amines is 1. The second kappa shape index (κ2) is 5.68. The first kappa shape index (κ1) is 14.1. The van der Waals surface area contributed by atoms with Crippen LogP contribution in [-0.2, 0) is 0 Å². The topological polar surface area (TPSA) is 67.6 Å². The monoisotopic (exact) mass is 344 g/mol. The predicted molar refractivity (Wildman–Crippen MR) is 98.1 cm³/mol. The fourth-order valence-electron chi connectivity index (χ4n) is 2.85. The zero-order valence-corrected chi connectivity index (χ0v) is 13.8. The fourth-order valence-corrected chi connectivity index (χ4v) is 3.49. The quantitative estimate of drug-likeness (QED) is 0.499. The molecule has 5 rings (SSSR count). The van der Waals surface area contributed by atoms with E-state index in [9.17, 15) is 0 Å². The Balaban J connectivity index is 1.58. The molecular formula is C19H12N4OS. The van der Waals surface area contributed by atoms with Gasteiger partial charge in [-0.15, -0.1) is 11.3 Å². The number of nitrogens with one attached hydrogen (secondary N) is 1. The van der Waals surface area contributed by atoms with Gasteiger partial charge in [0.15, 0.2) is 5.58 Å². The van der Waals surface area contributed by atoms with E-state index in [1.807, 2.05) is 54.3 Å². The molecule has 1 aromatic carbocycles. The molecule has 1 N–H and O–H groups in total. The normalized spacial score (nSPS) is 11.2. The minimum atomic E-state index is 0.790. The zero-order chi connectivity index (χ0) is 16.6. The summed E-state index contributed by atoms with van der Waals surface area (Å²) in [6, 6.07) is 12.1. The lowest BCUT2D eigenvalue weighted by Gasteiger charge is -2.00. The molecule has 25 heavy (non-hydrogen) atoms. The number of benzene rings is 1. The van der Waals surface area contributed by atoms with E-state index in [4.69, 9.17) is 4.42 Å². The van der Waals surface area contributed by atoms with Crippen molar-refractivity contribution in [2.24, 2.45) is 0 Å². The van der Waals surface area contributed by atoms with E-state index in [-0.39, 0.29) is 0 Å². The van der Waals surface area contributed by atoms with Crippen LogP contribution in [0.4, 0.5) is 0 Å². The highest BCUT2D eigenvalue weighted by molar-refractivity contribution is 7.13. The average molecular weight is 344 g/mol. The van der Waals surface area contributed by atoms with E-state index in [0.717, 1.165) is 44.1 Å². The molecule has 0 saturated carbocycles. The predicted octanol–water partition coefficient (Wildman–Crippen LogP) is 5.01. The standard InChI is InChI=1S/C19H12N4OS/c1-3-13(4-2-12(1)16-8-20-10-23-16)17-7-15-19(24-17)14(5-6-22-15)18-9-21-11-25-18/h1-11H,(H,20,23). The second-order valence-electron chi connectivity index (χ2n) is 5.58. The van der Waals surface area contributed by atoms with Gasteiger partial charge in [0.2, 0.25) is 0 Å². The molecule has 0 fully saturated rings. The lowest BCUT2D eigenvalue weighted by molar-refractivity contribution is 0.632. The van der Waals surface area contributed by atoms with E-state index in [0.29, 0.717) is 0 Å². The third-order valence-electron chi connectivity index (χ3n) is 4.07. The van der Waals surface area contributed by atoms with Gasteiger partial charge < -0.3 is 9.40 Å². The summed E-state index contributed by atoms with van der Waals surface area (Å²) in [4.78, 5) is 16.9. The minimum absolute atomic E-state index is 0.790. The van der Waals surface area contributed by atoms with Gasteiger partial charge in [0.1, 0.15) is 11.3 Å². The molecule has 0 aliphatic carbocycles. The number of thiazole rings is 1. The Kier molecular flexibility index (Phi) is 3.21. The first-order valence-corrected chi connectivity index (χ1v) is 8.63. The first-order valence-electron chi connectivity index (χ1n) is 7.75. The highest BCUT2D eigenvalue weighted by atomic mass is 32.1. The van der Waals surface area contributed by atoms with Crippen LogP contribution in [0.2, 0.25) is 0 Å². The van der Waals surface area contributed by atoms with Gasteiger partial charge in [-0.2, -0.15) is 0 Å². The average Bonchev–Trinajstić information content (AvgIpc) is 3.42. The van der Waals surface area contributed by atoms with E-state index < -0.39 is 0 Å². The molecule has 4 heterocycles. The lowest BCUT2D eigenvalue weighted by Crippen LogP contribution is -1.78. The summed E-state index contributed by atoms with van der Waals surface area (Å²) in [5.74, 6) is 0.799. The van der Waals surface area contributed by atoms with Gasteiger partial charge >= 0.3 is 0 Å². The first-order chi connectivity index (χ1) is 12.4. The van der Waals surface area contributed by atoms with Gasteiger partial charge in [0, 0.05) is 41.3 Å². The van der Waals surface area contributed by atoms with Crippen molar-refractivity contribution in [2.75, 3.05) is 0 Å². The number of pyridine rings is 1. The number of rotatable bonds is 3. The second-order valence-corrected chi connectivity index (χ2v) is 6.47. The van der Waals surface area contributed by atoms with Gasteiger partial charge in [0.25, 0.3) is 0 Å². The number of furan rings is 1. The molecule has 0 radical (unpaired) electrons. The minimum Gasteiger partial charge on any atom is -0.454 e. The number of imidazole rings is 1. The van der Waals surface area contributed by atoms with Gasteiger partial charge in [0.05, 0.1) is 22.4 Å². The van der Waals surface area contributed by atoms with Crippen molar-refractivity contribution < 1.29 is 4.42 Å². The molecule has 0 spiro atoms. The van der Waals surface area contributed by atoms with Crippen molar-refractivity contribution in [3.8, 4) is 33.0 Å². The van der Waals surface area contributed by atoms with Gasteiger partial charge in [-0.25, -0.2) is 4.98 Å². The van der Waals surface area contributed by atoms with E-state index >= 15 is 0 Å². The molecule has 0 amide bonds. The van der Waals surface area contributed by atoms with E-state index in [2.05, 4.69) is 19.9 Å². The van der Waals surface area contributed by atoms with E-state index in [1.54, 1.807) is 23.9 Å². The molecule has 0 saturated heterocycles. The molecule has 0 unspecified atom stereocenters. The Hall–Kier alpha value is -3.25. The molecule has 0 bridgehead atoms. The molecule has 5 nitrogen and oxygen atoms in total. The van der Waals surface area contributed by atoms with Gasteiger partial charge in [-0.1, -0.05) is 24.3 Å². The van der Waals surface area contributed by atoms with Crippen LogP contribution in [0.25, 0.3) is 44.1 Å². The highest BCUT2D eigenvalue weighted by Crippen LogP contribution is 2.35. The van der Waals surface area contributed by atoms with Crippen molar-refractivity contribution in [2.45, 2.75) is 0 Å². The largest absolute Gasteiger partial charge is 0.454 e. The van der Waals surface area contributed by atoms with Crippen molar-refractivity contribution in [1.29, 1.82) is 0 Å².